The Morgan fingerprint density at radius 3 is 2.64 bits per heavy atom. The fourth-order valence-electron chi connectivity index (χ4n) is 2.98. The number of urea groups is 1. The molecule has 1 saturated heterocycles. The first-order valence-corrected chi connectivity index (χ1v) is 7.90. The highest BCUT2D eigenvalue weighted by Gasteiger charge is 2.50. The smallest absolute Gasteiger partial charge is 0.328 e. The maximum Gasteiger partial charge on any atom is 0.328 e. The lowest BCUT2D eigenvalue weighted by Gasteiger charge is -2.40. The molecule has 3 unspecified atom stereocenters. The van der Waals surface area contributed by atoms with Gasteiger partial charge in [-0.2, -0.15) is 0 Å². The van der Waals surface area contributed by atoms with E-state index >= 15 is 0 Å². The van der Waals surface area contributed by atoms with E-state index in [2.05, 4.69) is 4.99 Å². The van der Waals surface area contributed by atoms with Gasteiger partial charge in [-0.15, -0.1) is 0 Å². The van der Waals surface area contributed by atoms with E-state index in [-0.39, 0.29) is 19.1 Å². The predicted octanol–water partition coefficient (Wildman–Crippen LogP) is -0.725. The number of aliphatic hydroxyl groups excluding tert-OH is 1. The Labute approximate surface area is 145 Å². The van der Waals surface area contributed by atoms with Crippen molar-refractivity contribution in [3.8, 4) is 5.75 Å². The van der Waals surface area contributed by atoms with E-state index in [9.17, 15) is 14.7 Å². The van der Waals surface area contributed by atoms with Gasteiger partial charge in [-0.25, -0.2) is 9.79 Å². The van der Waals surface area contributed by atoms with E-state index in [1.54, 1.807) is 19.2 Å². The van der Waals surface area contributed by atoms with Crippen molar-refractivity contribution < 1.29 is 19.4 Å². The van der Waals surface area contributed by atoms with Gasteiger partial charge in [0.2, 0.25) is 0 Å². The summed E-state index contributed by atoms with van der Waals surface area (Å²) in [5.41, 5.74) is 5.92. The molecule has 134 valence electrons. The molecule has 2 heterocycles. The highest BCUT2D eigenvalue weighted by molar-refractivity contribution is 6.03. The fourth-order valence-corrected chi connectivity index (χ4v) is 2.98. The SMILES string of the molecule is CN1C(=O)C2C(N=C(N)N2CC(O)COc2ccccc2)N(C)C1=O. The molecule has 1 aromatic rings. The van der Waals surface area contributed by atoms with Gasteiger partial charge >= 0.3 is 6.03 Å². The number of ether oxygens (including phenoxy) is 1. The van der Waals surface area contributed by atoms with E-state index < -0.39 is 30.2 Å². The van der Waals surface area contributed by atoms with Crippen LogP contribution in [0.4, 0.5) is 4.79 Å². The zero-order valence-corrected chi connectivity index (χ0v) is 14.1. The number of carbonyl (C=O) groups excluding carboxylic acids is 2. The molecule has 0 bridgehead atoms. The number of likely N-dealkylation sites (N-methyl/N-ethyl adjacent to an activating group) is 2. The van der Waals surface area contributed by atoms with Crippen LogP contribution in [0.5, 0.6) is 5.75 Å². The molecule has 3 atom stereocenters. The van der Waals surface area contributed by atoms with E-state index in [1.807, 2.05) is 18.2 Å². The minimum absolute atomic E-state index is 0.0456. The maximum atomic E-state index is 12.5. The average Bonchev–Trinajstić information content (AvgIpc) is 2.94. The van der Waals surface area contributed by atoms with Gasteiger partial charge in [0.15, 0.2) is 18.2 Å². The largest absolute Gasteiger partial charge is 0.491 e. The highest BCUT2D eigenvalue weighted by atomic mass is 16.5. The second-order valence-corrected chi connectivity index (χ2v) is 6.07. The van der Waals surface area contributed by atoms with Gasteiger partial charge < -0.3 is 25.4 Å². The summed E-state index contributed by atoms with van der Waals surface area (Å²) in [6.07, 6.45) is -1.56. The van der Waals surface area contributed by atoms with E-state index in [0.717, 1.165) is 4.90 Å². The van der Waals surface area contributed by atoms with Crippen molar-refractivity contribution in [2.45, 2.75) is 18.3 Å². The number of benzene rings is 1. The molecule has 1 aromatic carbocycles. The van der Waals surface area contributed by atoms with Gasteiger partial charge in [-0.3, -0.25) is 9.69 Å². The first-order valence-electron chi connectivity index (χ1n) is 7.90. The molecule has 2 aliphatic rings. The summed E-state index contributed by atoms with van der Waals surface area (Å²) >= 11 is 0. The van der Waals surface area contributed by atoms with Gasteiger partial charge in [-0.1, -0.05) is 18.2 Å². The van der Waals surface area contributed by atoms with Crippen molar-refractivity contribution in [2.24, 2.45) is 10.7 Å². The van der Waals surface area contributed by atoms with Crippen LogP contribution in [0.1, 0.15) is 0 Å². The molecule has 9 nitrogen and oxygen atoms in total. The molecule has 2 aliphatic heterocycles. The number of hydrogen-bond acceptors (Lipinski definition) is 7. The van der Waals surface area contributed by atoms with Crippen LogP contribution in [0.3, 0.4) is 0 Å². The molecule has 3 amide bonds. The first-order chi connectivity index (χ1) is 11.9. The number of aliphatic imine (C=N–C) groups is 1. The van der Waals surface area contributed by atoms with Crippen molar-refractivity contribution in [1.29, 1.82) is 0 Å². The Bertz CT molecular complexity index is 695. The number of aliphatic hydroxyl groups is 1. The quantitative estimate of drug-likeness (QED) is 0.727. The normalized spacial score (nSPS) is 24.3. The number of rotatable bonds is 5. The molecular formula is C16H21N5O4. The van der Waals surface area contributed by atoms with Crippen LogP contribution in [0.2, 0.25) is 0 Å². The Kier molecular flexibility index (Phi) is 4.49. The number of nitrogens with zero attached hydrogens (tertiary/aromatic N) is 4. The monoisotopic (exact) mass is 347 g/mol. The van der Waals surface area contributed by atoms with Gasteiger partial charge in [0.05, 0.1) is 6.54 Å². The summed E-state index contributed by atoms with van der Waals surface area (Å²) in [6, 6.07) is 7.94. The minimum Gasteiger partial charge on any atom is -0.491 e. The standard InChI is InChI=1S/C16H21N5O4/c1-19-13-12(14(23)20(2)16(19)24)21(15(17)18-13)8-10(22)9-25-11-6-4-3-5-7-11/h3-7,10,12-13,22H,8-9H2,1-2H3,(H2,17,18). The van der Waals surface area contributed by atoms with Crippen molar-refractivity contribution in [3.63, 3.8) is 0 Å². The second kappa shape index (κ2) is 6.60. The van der Waals surface area contributed by atoms with Crippen LogP contribution in [0, 0.1) is 0 Å². The molecule has 0 saturated carbocycles. The third kappa shape index (κ3) is 3.10. The maximum absolute atomic E-state index is 12.5. The van der Waals surface area contributed by atoms with Crippen LogP contribution in [0.25, 0.3) is 0 Å². The molecule has 0 spiro atoms. The number of β-amino-alcohol motifs (C(OH)–C–C–N with tert-alkyl or cyclic N) is 1. The van der Waals surface area contributed by atoms with Crippen molar-refractivity contribution >= 4 is 17.9 Å². The Morgan fingerprint density at radius 2 is 1.96 bits per heavy atom. The lowest BCUT2D eigenvalue weighted by Crippen LogP contribution is -2.65. The summed E-state index contributed by atoms with van der Waals surface area (Å²) in [7, 11) is 2.98. The third-order valence-electron chi connectivity index (χ3n) is 4.34. The average molecular weight is 347 g/mol. The minimum atomic E-state index is -0.881. The number of amides is 3. The number of nitrogens with two attached hydrogens (primary N) is 1. The summed E-state index contributed by atoms with van der Waals surface area (Å²) in [5.74, 6) is 0.367. The van der Waals surface area contributed by atoms with Crippen LogP contribution < -0.4 is 10.5 Å². The fraction of sp³-hybridized carbons (Fsp3) is 0.438. The molecule has 0 aromatic heterocycles. The molecule has 0 aliphatic carbocycles. The second-order valence-electron chi connectivity index (χ2n) is 6.07. The molecule has 9 heteroatoms. The zero-order valence-electron chi connectivity index (χ0n) is 14.1. The molecular weight excluding hydrogens is 326 g/mol. The van der Waals surface area contributed by atoms with Gasteiger partial charge in [0.1, 0.15) is 18.5 Å². The van der Waals surface area contributed by atoms with Crippen molar-refractivity contribution in [1.82, 2.24) is 14.7 Å². The predicted molar refractivity (Wildman–Crippen MR) is 89.8 cm³/mol. The van der Waals surface area contributed by atoms with Gasteiger partial charge in [-0.05, 0) is 12.1 Å². The number of imide groups is 1. The summed E-state index contributed by atoms with van der Waals surface area (Å²) < 4.78 is 5.52. The van der Waals surface area contributed by atoms with E-state index in [4.69, 9.17) is 10.5 Å². The molecule has 0 radical (unpaired) electrons. The first kappa shape index (κ1) is 17.0. The topological polar surface area (TPSA) is 112 Å². The molecule has 3 rings (SSSR count). The van der Waals surface area contributed by atoms with Crippen LogP contribution >= 0.6 is 0 Å². The molecule has 25 heavy (non-hydrogen) atoms. The van der Waals surface area contributed by atoms with E-state index in [1.165, 1.54) is 16.8 Å². The van der Waals surface area contributed by atoms with Crippen molar-refractivity contribution in [2.75, 3.05) is 27.2 Å². The Balaban J connectivity index is 1.66. The number of guanidine groups is 1. The number of fused-ring (bicyclic) bond motifs is 1. The van der Waals surface area contributed by atoms with Crippen molar-refractivity contribution in [3.05, 3.63) is 30.3 Å². The zero-order chi connectivity index (χ0) is 18.1. The number of para-hydroxylation sites is 1. The van der Waals surface area contributed by atoms with Gasteiger partial charge in [0.25, 0.3) is 5.91 Å². The van der Waals surface area contributed by atoms with Crippen LogP contribution in [-0.4, -0.2) is 83.3 Å². The summed E-state index contributed by atoms with van der Waals surface area (Å²) in [4.78, 5) is 32.6. The van der Waals surface area contributed by atoms with E-state index in [0.29, 0.717) is 5.75 Å². The lowest BCUT2D eigenvalue weighted by molar-refractivity contribution is -0.136. The van der Waals surface area contributed by atoms with Gasteiger partial charge in [0, 0.05) is 14.1 Å². The van der Waals surface area contributed by atoms with Crippen LogP contribution in [-0.2, 0) is 4.79 Å². The molecule has 1 fully saturated rings. The summed E-state index contributed by atoms with van der Waals surface area (Å²) in [6.45, 7) is 0.120. The lowest BCUT2D eigenvalue weighted by atomic mass is 10.1. The Morgan fingerprint density at radius 1 is 1.28 bits per heavy atom. The number of carbonyl (C=O) groups is 2. The Hall–Kier alpha value is -2.81. The molecule has 3 N–H and O–H groups in total. The number of hydrogen-bond donors (Lipinski definition) is 2. The highest BCUT2D eigenvalue weighted by Crippen LogP contribution is 2.26. The van der Waals surface area contributed by atoms with Crippen LogP contribution in [0.15, 0.2) is 35.3 Å². The third-order valence-corrected chi connectivity index (χ3v) is 4.34. The summed E-state index contributed by atoms with van der Waals surface area (Å²) in [5, 5.41) is 10.3.